The number of likely N-dealkylation sites (N-methyl/N-ethyl adjacent to an activating group) is 1. The second-order valence-corrected chi connectivity index (χ2v) is 6.42. The molecule has 2 rings (SSSR count). The van der Waals surface area contributed by atoms with Crippen LogP contribution in [0.3, 0.4) is 0 Å². The van der Waals surface area contributed by atoms with Crippen LogP contribution < -0.4 is 10.1 Å². The normalized spacial score (nSPS) is 18.1. The third kappa shape index (κ3) is 5.52. The van der Waals surface area contributed by atoms with Gasteiger partial charge in [0.25, 0.3) is 0 Å². The van der Waals surface area contributed by atoms with Gasteiger partial charge in [0, 0.05) is 26.1 Å². The zero-order valence-electron chi connectivity index (χ0n) is 13.8. The highest BCUT2D eigenvalue weighted by molar-refractivity contribution is 7.80. The molecule has 1 aromatic rings. The van der Waals surface area contributed by atoms with Crippen molar-refractivity contribution < 1.29 is 17.9 Å². The van der Waals surface area contributed by atoms with Crippen molar-refractivity contribution in [2.75, 3.05) is 40.3 Å². The molecule has 0 amide bonds. The molecule has 8 heteroatoms. The third-order valence-electron chi connectivity index (χ3n) is 3.75. The number of nitrogens with zero attached hydrogens (tertiary/aromatic N) is 2. The van der Waals surface area contributed by atoms with Gasteiger partial charge < -0.3 is 19.9 Å². The zero-order valence-corrected chi connectivity index (χ0v) is 14.6. The predicted octanol–water partition coefficient (Wildman–Crippen LogP) is 2.59. The number of hydrogen-bond acceptors (Lipinski definition) is 3. The summed E-state index contributed by atoms with van der Waals surface area (Å²) in [5.41, 5.74) is -0.672. The SMILES string of the molecule is CN(C)CCNC(=S)N1CCC(Oc2ccc(C(F)(F)F)cc2)C1. The molecule has 1 aliphatic rings. The largest absolute Gasteiger partial charge is 0.489 e. The lowest BCUT2D eigenvalue weighted by atomic mass is 10.2. The summed E-state index contributed by atoms with van der Waals surface area (Å²) in [6.45, 7) is 3.07. The molecule has 0 radical (unpaired) electrons. The monoisotopic (exact) mass is 361 g/mol. The first-order valence-electron chi connectivity index (χ1n) is 7.77. The quantitative estimate of drug-likeness (QED) is 0.814. The molecule has 0 saturated carbocycles. The number of hydrogen-bond donors (Lipinski definition) is 1. The Morgan fingerprint density at radius 3 is 2.58 bits per heavy atom. The lowest BCUT2D eigenvalue weighted by molar-refractivity contribution is -0.137. The fourth-order valence-corrected chi connectivity index (χ4v) is 2.69. The maximum atomic E-state index is 12.5. The molecule has 0 aromatic heterocycles. The molecule has 1 aromatic carbocycles. The van der Waals surface area contributed by atoms with Crippen molar-refractivity contribution in [3.8, 4) is 5.75 Å². The van der Waals surface area contributed by atoms with Gasteiger partial charge in [-0.3, -0.25) is 0 Å². The lowest BCUT2D eigenvalue weighted by Crippen LogP contribution is -2.41. The molecule has 1 N–H and O–H groups in total. The second-order valence-electron chi connectivity index (χ2n) is 6.03. The van der Waals surface area contributed by atoms with Crippen molar-refractivity contribution in [1.29, 1.82) is 0 Å². The number of halogens is 3. The molecule has 1 aliphatic heterocycles. The van der Waals surface area contributed by atoms with E-state index in [2.05, 4.69) is 10.2 Å². The minimum absolute atomic E-state index is 0.0738. The zero-order chi connectivity index (χ0) is 17.7. The molecule has 134 valence electrons. The molecule has 1 atom stereocenters. The van der Waals surface area contributed by atoms with E-state index in [1.165, 1.54) is 12.1 Å². The third-order valence-corrected chi connectivity index (χ3v) is 4.15. The Labute approximate surface area is 145 Å². The fraction of sp³-hybridized carbons (Fsp3) is 0.562. The summed E-state index contributed by atoms with van der Waals surface area (Å²) in [7, 11) is 3.99. The predicted molar refractivity (Wildman–Crippen MR) is 91.2 cm³/mol. The Hall–Kier alpha value is -1.54. The highest BCUT2D eigenvalue weighted by Crippen LogP contribution is 2.30. The fourth-order valence-electron chi connectivity index (χ4n) is 2.42. The number of benzene rings is 1. The lowest BCUT2D eigenvalue weighted by Gasteiger charge is -2.21. The van der Waals surface area contributed by atoms with E-state index in [0.29, 0.717) is 17.4 Å². The van der Waals surface area contributed by atoms with E-state index in [9.17, 15) is 13.2 Å². The number of likely N-dealkylation sites (tertiary alicyclic amines) is 1. The number of rotatable bonds is 5. The first-order chi connectivity index (χ1) is 11.3. The van der Waals surface area contributed by atoms with E-state index >= 15 is 0 Å². The van der Waals surface area contributed by atoms with E-state index in [1.54, 1.807) is 0 Å². The van der Waals surface area contributed by atoms with Gasteiger partial charge >= 0.3 is 6.18 Å². The van der Waals surface area contributed by atoms with Crippen LogP contribution in [0, 0.1) is 0 Å². The van der Waals surface area contributed by atoms with Gasteiger partial charge in [-0.05, 0) is 50.6 Å². The molecule has 4 nitrogen and oxygen atoms in total. The number of thiocarbonyl (C=S) groups is 1. The molecule has 1 saturated heterocycles. The van der Waals surface area contributed by atoms with E-state index in [4.69, 9.17) is 17.0 Å². The standard InChI is InChI=1S/C16H22F3N3OS/c1-21(2)10-8-20-15(24)22-9-7-14(11-22)23-13-5-3-12(4-6-13)16(17,18)19/h3-6,14H,7-11H2,1-2H3,(H,20,24). The van der Waals surface area contributed by atoms with Crippen LogP contribution in [-0.2, 0) is 6.18 Å². The van der Waals surface area contributed by atoms with Crippen molar-refractivity contribution in [3.63, 3.8) is 0 Å². The summed E-state index contributed by atoms with van der Waals surface area (Å²) in [6, 6.07) is 4.79. The van der Waals surface area contributed by atoms with Crippen LogP contribution in [0.15, 0.2) is 24.3 Å². The van der Waals surface area contributed by atoms with Crippen LogP contribution in [0.25, 0.3) is 0 Å². The summed E-state index contributed by atoms with van der Waals surface area (Å²) in [4.78, 5) is 4.09. The average molecular weight is 361 g/mol. The summed E-state index contributed by atoms with van der Waals surface area (Å²) >= 11 is 5.36. The van der Waals surface area contributed by atoms with Crippen molar-refractivity contribution in [3.05, 3.63) is 29.8 Å². The van der Waals surface area contributed by atoms with Gasteiger partial charge in [0.15, 0.2) is 5.11 Å². The first kappa shape index (κ1) is 18.8. The van der Waals surface area contributed by atoms with E-state index < -0.39 is 11.7 Å². The van der Waals surface area contributed by atoms with Crippen LogP contribution in [0.2, 0.25) is 0 Å². The highest BCUT2D eigenvalue weighted by Gasteiger charge is 2.30. The molecule has 1 heterocycles. The van der Waals surface area contributed by atoms with Gasteiger partial charge in [-0.25, -0.2) is 0 Å². The van der Waals surface area contributed by atoms with Gasteiger partial charge in [-0.15, -0.1) is 0 Å². The van der Waals surface area contributed by atoms with E-state index in [0.717, 1.165) is 38.2 Å². The highest BCUT2D eigenvalue weighted by atomic mass is 32.1. The van der Waals surface area contributed by atoms with Gasteiger partial charge in [0.1, 0.15) is 11.9 Å². The molecule has 0 bridgehead atoms. The summed E-state index contributed by atoms with van der Waals surface area (Å²) < 4.78 is 43.4. The Bertz CT molecular complexity index is 548. The van der Waals surface area contributed by atoms with Gasteiger partial charge in [0.2, 0.25) is 0 Å². The summed E-state index contributed by atoms with van der Waals surface area (Å²) in [6.07, 6.45) is -3.61. The van der Waals surface area contributed by atoms with Gasteiger partial charge in [-0.2, -0.15) is 13.2 Å². The molecule has 1 unspecified atom stereocenters. The minimum atomic E-state index is -4.33. The van der Waals surface area contributed by atoms with E-state index in [-0.39, 0.29) is 6.10 Å². The number of nitrogens with one attached hydrogen (secondary N) is 1. The van der Waals surface area contributed by atoms with Crippen LogP contribution >= 0.6 is 12.2 Å². The van der Waals surface area contributed by atoms with Crippen molar-refractivity contribution in [2.45, 2.75) is 18.7 Å². The van der Waals surface area contributed by atoms with Gasteiger partial charge in [0.05, 0.1) is 12.1 Å². The summed E-state index contributed by atoms with van der Waals surface area (Å²) in [5.74, 6) is 0.446. The average Bonchev–Trinajstić information content (AvgIpc) is 2.95. The molecule has 0 aliphatic carbocycles. The maximum absolute atomic E-state index is 12.5. The van der Waals surface area contributed by atoms with Crippen LogP contribution in [0.4, 0.5) is 13.2 Å². The Kier molecular flexibility index (Phi) is 6.28. The van der Waals surface area contributed by atoms with Crippen LogP contribution in [0.1, 0.15) is 12.0 Å². The topological polar surface area (TPSA) is 27.7 Å². The van der Waals surface area contributed by atoms with Crippen molar-refractivity contribution in [1.82, 2.24) is 15.1 Å². The van der Waals surface area contributed by atoms with Crippen LogP contribution in [0.5, 0.6) is 5.75 Å². The minimum Gasteiger partial charge on any atom is -0.489 e. The van der Waals surface area contributed by atoms with Crippen molar-refractivity contribution >= 4 is 17.3 Å². The second kappa shape index (κ2) is 8.02. The van der Waals surface area contributed by atoms with Gasteiger partial charge in [-0.1, -0.05) is 0 Å². The Balaban J connectivity index is 1.80. The van der Waals surface area contributed by atoms with Crippen LogP contribution in [-0.4, -0.2) is 61.3 Å². The number of alkyl halides is 3. The van der Waals surface area contributed by atoms with Crippen molar-refractivity contribution in [2.24, 2.45) is 0 Å². The Morgan fingerprint density at radius 1 is 1.33 bits per heavy atom. The molecule has 0 spiro atoms. The van der Waals surface area contributed by atoms with E-state index in [1.807, 2.05) is 19.0 Å². The Morgan fingerprint density at radius 2 is 2.00 bits per heavy atom. The smallest absolute Gasteiger partial charge is 0.416 e. The maximum Gasteiger partial charge on any atom is 0.416 e. The molecule has 1 fully saturated rings. The molecule has 24 heavy (non-hydrogen) atoms. The molecular weight excluding hydrogens is 339 g/mol. The molecular formula is C16H22F3N3OS. The number of ether oxygens (including phenoxy) is 1. The first-order valence-corrected chi connectivity index (χ1v) is 8.18. The summed E-state index contributed by atoms with van der Waals surface area (Å²) in [5, 5.41) is 3.89.